The van der Waals surface area contributed by atoms with Crippen LogP contribution in [0.3, 0.4) is 0 Å². The third kappa shape index (κ3) is 4.55. The number of carbonyl (C=O) groups is 2. The van der Waals surface area contributed by atoms with E-state index in [9.17, 15) is 14.0 Å². The third-order valence-electron chi connectivity index (χ3n) is 4.57. The van der Waals surface area contributed by atoms with E-state index in [4.69, 9.17) is 11.6 Å². The Labute approximate surface area is 162 Å². The van der Waals surface area contributed by atoms with Gasteiger partial charge in [0, 0.05) is 29.2 Å². The summed E-state index contributed by atoms with van der Waals surface area (Å²) < 4.78 is 18.8. The monoisotopic (exact) mass is 387 g/mol. The summed E-state index contributed by atoms with van der Waals surface area (Å²) in [5.41, 5.74) is 2.28. The summed E-state index contributed by atoms with van der Waals surface area (Å²) in [6, 6.07) is 11.1. The van der Waals surface area contributed by atoms with Crippen molar-refractivity contribution in [3.8, 4) is 0 Å². The van der Waals surface area contributed by atoms with Gasteiger partial charge < -0.3 is 9.64 Å². The fraction of sp³-hybridized carbons (Fsp3) is 0.238. The van der Waals surface area contributed by atoms with Gasteiger partial charge >= 0.3 is 5.97 Å². The van der Waals surface area contributed by atoms with Crippen LogP contribution in [0.15, 0.2) is 48.0 Å². The molecule has 1 aliphatic heterocycles. The smallest absolute Gasteiger partial charge is 0.337 e. The van der Waals surface area contributed by atoms with Gasteiger partial charge in [0.2, 0.25) is 0 Å². The van der Waals surface area contributed by atoms with Crippen molar-refractivity contribution < 1.29 is 18.7 Å². The third-order valence-corrected chi connectivity index (χ3v) is 4.82. The highest BCUT2D eigenvalue weighted by Gasteiger charge is 2.20. The molecule has 27 heavy (non-hydrogen) atoms. The van der Waals surface area contributed by atoms with Crippen LogP contribution in [-0.2, 0) is 4.74 Å². The maximum Gasteiger partial charge on any atom is 0.337 e. The Morgan fingerprint density at radius 1 is 1.07 bits per heavy atom. The molecule has 0 aromatic heterocycles. The summed E-state index contributed by atoms with van der Waals surface area (Å²) in [6.07, 6.45) is 3.15. The minimum absolute atomic E-state index is 0.0284. The molecule has 0 atom stereocenters. The van der Waals surface area contributed by atoms with Gasteiger partial charge in [-0.3, -0.25) is 4.79 Å². The molecule has 1 aliphatic rings. The van der Waals surface area contributed by atoms with Crippen molar-refractivity contribution in [1.29, 1.82) is 0 Å². The van der Waals surface area contributed by atoms with Gasteiger partial charge in [0.25, 0.3) is 5.91 Å². The van der Waals surface area contributed by atoms with Crippen LogP contribution in [0.25, 0.3) is 6.08 Å². The molecule has 0 unspecified atom stereocenters. The highest BCUT2D eigenvalue weighted by Crippen LogP contribution is 2.23. The molecule has 2 aromatic rings. The molecule has 1 amide bonds. The van der Waals surface area contributed by atoms with Crippen LogP contribution in [0.4, 0.5) is 4.39 Å². The van der Waals surface area contributed by atoms with Gasteiger partial charge in [-0.2, -0.15) is 0 Å². The van der Waals surface area contributed by atoms with E-state index in [0.717, 1.165) is 5.57 Å². The van der Waals surface area contributed by atoms with Crippen molar-refractivity contribution in [3.63, 3.8) is 0 Å². The summed E-state index contributed by atoms with van der Waals surface area (Å²) >= 11 is 5.86. The molecular formula is C21H19ClFNO3. The number of carbonyl (C=O) groups excluding carboxylic acids is 2. The second-order valence-electron chi connectivity index (χ2n) is 6.33. The number of hydrogen-bond donors (Lipinski definition) is 0. The first-order valence-corrected chi connectivity index (χ1v) is 8.98. The average Bonchev–Trinajstić information content (AvgIpc) is 2.69. The van der Waals surface area contributed by atoms with Gasteiger partial charge in [0.15, 0.2) is 0 Å². The number of nitrogens with zero attached hydrogens (tertiary/aromatic N) is 1. The van der Waals surface area contributed by atoms with Crippen molar-refractivity contribution in [3.05, 3.63) is 75.6 Å². The predicted molar refractivity (Wildman–Crippen MR) is 102 cm³/mol. The first-order valence-electron chi connectivity index (χ1n) is 8.60. The SMILES string of the molecule is COC(=O)c1ccc(C=C2CCN(C(=O)c3ccc(Cl)cc3)CC2)c(F)c1. The number of halogens is 2. The van der Waals surface area contributed by atoms with E-state index in [1.165, 1.54) is 13.2 Å². The van der Waals surface area contributed by atoms with Gasteiger partial charge in [0.05, 0.1) is 12.7 Å². The summed E-state index contributed by atoms with van der Waals surface area (Å²) in [6.45, 7) is 1.16. The number of benzene rings is 2. The summed E-state index contributed by atoms with van der Waals surface area (Å²) in [7, 11) is 1.26. The van der Waals surface area contributed by atoms with Crippen molar-refractivity contribution in [2.45, 2.75) is 12.8 Å². The Hall–Kier alpha value is -2.66. The number of esters is 1. The number of methoxy groups -OCH3 is 1. The molecule has 0 radical (unpaired) electrons. The molecule has 1 saturated heterocycles. The van der Waals surface area contributed by atoms with Crippen molar-refractivity contribution in [1.82, 2.24) is 4.90 Å². The number of ether oxygens (including phenoxy) is 1. The number of amides is 1. The molecule has 0 bridgehead atoms. The predicted octanol–water partition coefficient (Wildman–Crippen LogP) is 4.59. The van der Waals surface area contributed by atoms with Crippen LogP contribution in [0.1, 0.15) is 39.1 Å². The van der Waals surface area contributed by atoms with Crippen LogP contribution in [0.5, 0.6) is 0 Å². The Kier molecular flexibility index (Phi) is 5.91. The number of likely N-dealkylation sites (tertiary alicyclic amines) is 1. The second-order valence-corrected chi connectivity index (χ2v) is 6.77. The Morgan fingerprint density at radius 3 is 2.30 bits per heavy atom. The van der Waals surface area contributed by atoms with E-state index in [2.05, 4.69) is 4.74 Å². The standard InChI is InChI=1S/C21H19ClFNO3/c1-27-21(26)17-3-2-16(19(23)13-17)12-14-8-10-24(11-9-14)20(25)15-4-6-18(22)7-5-15/h2-7,12-13H,8-11H2,1H3. The van der Waals surface area contributed by atoms with E-state index in [1.807, 2.05) is 0 Å². The number of hydrogen-bond acceptors (Lipinski definition) is 3. The van der Waals surface area contributed by atoms with Crippen LogP contribution in [-0.4, -0.2) is 37.0 Å². The van der Waals surface area contributed by atoms with Gasteiger partial charge in [-0.1, -0.05) is 29.3 Å². The molecule has 0 spiro atoms. The Morgan fingerprint density at radius 2 is 1.70 bits per heavy atom. The van der Waals surface area contributed by atoms with Crippen LogP contribution in [0, 0.1) is 5.82 Å². The highest BCUT2D eigenvalue weighted by atomic mass is 35.5. The van der Waals surface area contributed by atoms with Crippen LogP contribution < -0.4 is 0 Å². The van der Waals surface area contributed by atoms with E-state index in [0.29, 0.717) is 42.1 Å². The Bertz CT molecular complexity index is 883. The first-order chi connectivity index (χ1) is 13.0. The topological polar surface area (TPSA) is 46.6 Å². The second kappa shape index (κ2) is 8.35. The summed E-state index contributed by atoms with van der Waals surface area (Å²) in [5.74, 6) is -1.06. The average molecular weight is 388 g/mol. The highest BCUT2D eigenvalue weighted by molar-refractivity contribution is 6.30. The van der Waals surface area contributed by atoms with Gasteiger partial charge in [-0.25, -0.2) is 9.18 Å². The fourth-order valence-corrected chi connectivity index (χ4v) is 3.15. The molecule has 6 heteroatoms. The van der Waals surface area contributed by atoms with E-state index in [1.54, 1.807) is 47.4 Å². The van der Waals surface area contributed by atoms with E-state index in [-0.39, 0.29) is 11.5 Å². The van der Waals surface area contributed by atoms with Crippen molar-refractivity contribution >= 4 is 29.6 Å². The van der Waals surface area contributed by atoms with Crippen LogP contribution >= 0.6 is 11.6 Å². The quantitative estimate of drug-likeness (QED) is 0.724. The molecule has 1 fully saturated rings. The first kappa shape index (κ1) is 19.1. The molecule has 3 rings (SSSR count). The van der Waals surface area contributed by atoms with E-state index < -0.39 is 11.8 Å². The molecular weight excluding hydrogens is 369 g/mol. The lowest BCUT2D eigenvalue weighted by molar-refractivity contribution is 0.0599. The minimum Gasteiger partial charge on any atom is -0.465 e. The summed E-state index contributed by atoms with van der Waals surface area (Å²) in [5, 5.41) is 0.593. The molecule has 0 aliphatic carbocycles. The molecule has 4 nitrogen and oxygen atoms in total. The normalized spacial score (nSPS) is 14.0. The minimum atomic E-state index is -0.567. The maximum absolute atomic E-state index is 14.2. The molecule has 140 valence electrons. The van der Waals surface area contributed by atoms with Crippen molar-refractivity contribution in [2.75, 3.05) is 20.2 Å². The van der Waals surface area contributed by atoms with Crippen LogP contribution in [0.2, 0.25) is 5.02 Å². The molecule has 2 aromatic carbocycles. The molecule has 0 N–H and O–H groups in total. The lowest BCUT2D eigenvalue weighted by Crippen LogP contribution is -2.36. The van der Waals surface area contributed by atoms with Gasteiger partial charge in [-0.05, 0) is 49.2 Å². The van der Waals surface area contributed by atoms with Crippen molar-refractivity contribution in [2.24, 2.45) is 0 Å². The zero-order valence-electron chi connectivity index (χ0n) is 14.9. The summed E-state index contributed by atoms with van der Waals surface area (Å²) in [4.78, 5) is 25.8. The lowest BCUT2D eigenvalue weighted by Gasteiger charge is -2.28. The number of piperidine rings is 1. The largest absolute Gasteiger partial charge is 0.465 e. The fourth-order valence-electron chi connectivity index (χ4n) is 3.03. The molecule has 1 heterocycles. The zero-order chi connectivity index (χ0) is 19.4. The lowest BCUT2D eigenvalue weighted by atomic mass is 9.99. The Balaban J connectivity index is 1.66. The van der Waals surface area contributed by atoms with Gasteiger partial charge in [-0.15, -0.1) is 0 Å². The van der Waals surface area contributed by atoms with E-state index >= 15 is 0 Å². The van der Waals surface area contributed by atoms with Gasteiger partial charge in [0.1, 0.15) is 5.82 Å². The molecule has 0 saturated carbocycles. The maximum atomic E-state index is 14.2. The zero-order valence-corrected chi connectivity index (χ0v) is 15.6. The number of rotatable bonds is 3.